The van der Waals surface area contributed by atoms with E-state index in [0.717, 1.165) is 16.8 Å². The molecule has 0 aliphatic carbocycles. The largest absolute Gasteiger partial charge is 0.457 e. The summed E-state index contributed by atoms with van der Waals surface area (Å²) in [5, 5.41) is 0. The van der Waals surface area contributed by atoms with Gasteiger partial charge in [0.25, 0.3) is 0 Å². The first kappa shape index (κ1) is 23.9. The van der Waals surface area contributed by atoms with Crippen LogP contribution in [-0.4, -0.2) is 36.8 Å². The maximum Gasteiger partial charge on any atom is 0.343 e. The molecule has 0 unspecified atom stereocenters. The van der Waals surface area contributed by atoms with Crippen LogP contribution < -0.4 is 9.64 Å². The Hall–Kier alpha value is -4.26. The van der Waals surface area contributed by atoms with Gasteiger partial charge < -0.3 is 14.4 Å². The van der Waals surface area contributed by atoms with Crippen molar-refractivity contribution in [2.24, 2.45) is 5.92 Å². The summed E-state index contributed by atoms with van der Waals surface area (Å²) in [6.07, 6.45) is 0.0431. The van der Waals surface area contributed by atoms with Gasteiger partial charge in [-0.3, -0.25) is 14.4 Å². The third-order valence-electron chi connectivity index (χ3n) is 6.00. The number of carbonyl (C=O) groups excluding carboxylic acids is 4. The molecule has 1 heterocycles. The summed E-state index contributed by atoms with van der Waals surface area (Å²) in [5.41, 5.74) is 3.67. The number of nitrogens with zero attached hydrogens (tertiary/aromatic N) is 1. The highest BCUT2D eigenvalue weighted by atomic mass is 16.5. The van der Waals surface area contributed by atoms with E-state index in [0.29, 0.717) is 16.9 Å². The number of ketones is 1. The molecule has 3 aromatic carbocycles. The summed E-state index contributed by atoms with van der Waals surface area (Å²) in [5.74, 6) is -1.96. The van der Waals surface area contributed by atoms with E-state index in [1.807, 2.05) is 32.0 Å². The fourth-order valence-corrected chi connectivity index (χ4v) is 3.80. The Labute approximate surface area is 203 Å². The van der Waals surface area contributed by atoms with E-state index < -0.39 is 30.2 Å². The number of rotatable bonds is 7. The normalized spacial score (nSPS) is 15.1. The first-order valence-electron chi connectivity index (χ1n) is 11.3. The van der Waals surface area contributed by atoms with Crippen molar-refractivity contribution in [2.75, 3.05) is 18.1 Å². The van der Waals surface area contributed by atoms with Gasteiger partial charge in [0, 0.05) is 24.2 Å². The zero-order valence-corrected chi connectivity index (χ0v) is 19.5. The van der Waals surface area contributed by atoms with Gasteiger partial charge >= 0.3 is 11.9 Å². The maximum atomic E-state index is 12.5. The molecule has 0 N–H and O–H groups in total. The lowest BCUT2D eigenvalue weighted by molar-refractivity contribution is -0.147. The predicted molar refractivity (Wildman–Crippen MR) is 130 cm³/mol. The average molecular weight is 472 g/mol. The molecule has 7 heteroatoms. The molecule has 1 atom stereocenters. The molecule has 0 saturated carbocycles. The first-order valence-corrected chi connectivity index (χ1v) is 11.3. The molecule has 1 aliphatic heterocycles. The van der Waals surface area contributed by atoms with Gasteiger partial charge in [0.05, 0.1) is 11.5 Å². The van der Waals surface area contributed by atoms with Crippen LogP contribution in [0.25, 0.3) is 0 Å². The molecule has 35 heavy (non-hydrogen) atoms. The Morgan fingerprint density at radius 1 is 0.886 bits per heavy atom. The number of ether oxygens (including phenoxy) is 2. The number of hydrogen-bond acceptors (Lipinski definition) is 6. The summed E-state index contributed by atoms with van der Waals surface area (Å²) in [6.45, 7) is 3.75. The van der Waals surface area contributed by atoms with Gasteiger partial charge in [0.1, 0.15) is 5.75 Å². The van der Waals surface area contributed by atoms with Crippen molar-refractivity contribution in [3.05, 3.63) is 95.1 Å². The lowest BCUT2D eigenvalue weighted by Gasteiger charge is -2.17. The van der Waals surface area contributed by atoms with Gasteiger partial charge in [0.2, 0.25) is 5.91 Å². The number of anilines is 1. The second-order valence-electron chi connectivity index (χ2n) is 8.48. The Kier molecular flexibility index (Phi) is 7.06. The Bertz CT molecular complexity index is 1270. The van der Waals surface area contributed by atoms with Gasteiger partial charge in [-0.1, -0.05) is 24.3 Å². The number of benzene rings is 3. The third-order valence-corrected chi connectivity index (χ3v) is 6.00. The van der Waals surface area contributed by atoms with Crippen LogP contribution >= 0.6 is 0 Å². The van der Waals surface area contributed by atoms with Crippen LogP contribution in [0.2, 0.25) is 0 Å². The molecule has 3 aromatic rings. The molecule has 1 fully saturated rings. The quantitative estimate of drug-likeness (QED) is 0.290. The molecule has 0 bridgehead atoms. The molecule has 4 rings (SSSR count). The molecule has 1 aliphatic rings. The van der Waals surface area contributed by atoms with E-state index in [4.69, 9.17) is 9.47 Å². The molecular formula is C28H25NO6. The van der Waals surface area contributed by atoms with Crippen LogP contribution in [0.4, 0.5) is 5.69 Å². The minimum absolute atomic E-state index is 0.0431. The van der Waals surface area contributed by atoms with Gasteiger partial charge in [0.15, 0.2) is 12.4 Å². The summed E-state index contributed by atoms with van der Waals surface area (Å²) in [4.78, 5) is 51.2. The van der Waals surface area contributed by atoms with Crippen LogP contribution in [0.5, 0.6) is 5.75 Å². The van der Waals surface area contributed by atoms with E-state index in [2.05, 4.69) is 0 Å². The molecule has 0 spiro atoms. The molecule has 1 amide bonds. The van der Waals surface area contributed by atoms with Crippen LogP contribution in [0.15, 0.2) is 72.8 Å². The van der Waals surface area contributed by atoms with Crippen molar-refractivity contribution >= 4 is 29.3 Å². The van der Waals surface area contributed by atoms with E-state index in [1.54, 1.807) is 35.2 Å². The monoisotopic (exact) mass is 471 g/mol. The molecular weight excluding hydrogens is 446 g/mol. The zero-order chi connectivity index (χ0) is 24.9. The first-order chi connectivity index (χ1) is 16.8. The molecule has 178 valence electrons. The number of hydrogen-bond donors (Lipinski definition) is 0. The number of Topliss-reactive ketones (excluding diaryl/α,β-unsaturated/α-hetero) is 1. The second-order valence-corrected chi connectivity index (χ2v) is 8.48. The van der Waals surface area contributed by atoms with E-state index in [9.17, 15) is 19.2 Å². The van der Waals surface area contributed by atoms with Crippen LogP contribution in [0.3, 0.4) is 0 Å². The fourth-order valence-electron chi connectivity index (χ4n) is 3.80. The summed E-state index contributed by atoms with van der Waals surface area (Å²) >= 11 is 0. The number of aryl methyl sites for hydroxylation is 2. The highest BCUT2D eigenvalue weighted by molar-refractivity contribution is 6.01. The predicted octanol–water partition coefficient (Wildman–Crippen LogP) is 4.30. The fraction of sp³-hybridized carbons (Fsp3) is 0.214. The minimum Gasteiger partial charge on any atom is -0.457 e. The van der Waals surface area contributed by atoms with Gasteiger partial charge in [-0.2, -0.15) is 0 Å². The molecule has 7 nitrogen and oxygen atoms in total. The van der Waals surface area contributed by atoms with Crippen molar-refractivity contribution < 1.29 is 28.7 Å². The molecule has 0 aromatic heterocycles. The topological polar surface area (TPSA) is 90.0 Å². The van der Waals surface area contributed by atoms with Crippen molar-refractivity contribution in [3.63, 3.8) is 0 Å². The lowest BCUT2D eigenvalue weighted by atomic mass is 10.1. The standard InChI is InChI=1S/C28H25NO6/c1-18-8-11-23(14-19(18)2)29-16-22(15-26(29)31)27(32)34-17-25(30)20-9-12-24(13-10-20)35-28(33)21-6-4-3-5-7-21/h3-14,22H,15-17H2,1-2H3/t22-/m0/s1. The summed E-state index contributed by atoms with van der Waals surface area (Å²) < 4.78 is 10.5. The van der Waals surface area contributed by atoms with Crippen molar-refractivity contribution in [1.82, 2.24) is 0 Å². The summed E-state index contributed by atoms with van der Waals surface area (Å²) in [7, 11) is 0. The van der Waals surface area contributed by atoms with Crippen LogP contribution in [0, 0.1) is 19.8 Å². The van der Waals surface area contributed by atoms with Gasteiger partial charge in [-0.05, 0) is 73.5 Å². The second kappa shape index (κ2) is 10.3. The van der Waals surface area contributed by atoms with Crippen LogP contribution in [0.1, 0.15) is 38.3 Å². The van der Waals surface area contributed by atoms with Crippen LogP contribution in [-0.2, 0) is 14.3 Å². The minimum atomic E-state index is -0.628. The highest BCUT2D eigenvalue weighted by Gasteiger charge is 2.36. The Balaban J connectivity index is 1.29. The molecule has 1 saturated heterocycles. The van der Waals surface area contributed by atoms with Crippen molar-refractivity contribution in [1.29, 1.82) is 0 Å². The lowest BCUT2D eigenvalue weighted by Crippen LogP contribution is -2.27. The Morgan fingerprint density at radius 2 is 1.60 bits per heavy atom. The average Bonchev–Trinajstić information content (AvgIpc) is 3.26. The molecule has 0 radical (unpaired) electrons. The Morgan fingerprint density at radius 3 is 2.29 bits per heavy atom. The summed E-state index contributed by atoms with van der Waals surface area (Å²) in [6, 6.07) is 20.3. The van der Waals surface area contributed by atoms with Gasteiger partial charge in [-0.25, -0.2) is 4.79 Å². The SMILES string of the molecule is Cc1ccc(N2C[C@@H](C(=O)OCC(=O)c3ccc(OC(=O)c4ccccc4)cc3)CC2=O)cc1C. The number of carbonyl (C=O) groups is 4. The van der Waals surface area contributed by atoms with E-state index >= 15 is 0 Å². The third kappa shape index (κ3) is 5.63. The number of esters is 2. The van der Waals surface area contributed by atoms with Crippen molar-refractivity contribution in [2.45, 2.75) is 20.3 Å². The van der Waals surface area contributed by atoms with Crippen molar-refractivity contribution in [3.8, 4) is 5.75 Å². The zero-order valence-electron chi connectivity index (χ0n) is 19.5. The van der Waals surface area contributed by atoms with Gasteiger partial charge in [-0.15, -0.1) is 0 Å². The maximum absolute atomic E-state index is 12.5. The smallest absolute Gasteiger partial charge is 0.343 e. The highest BCUT2D eigenvalue weighted by Crippen LogP contribution is 2.27. The van der Waals surface area contributed by atoms with E-state index in [1.165, 1.54) is 24.3 Å². The number of amides is 1. The van der Waals surface area contributed by atoms with E-state index in [-0.39, 0.29) is 18.9 Å².